The van der Waals surface area contributed by atoms with Gasteiger partial charge in [-0.15, -0.1) is 11.3 Å². The molecule has 0 atom stereocenters. The van der Waals surface area contributed by atoms with Gasteiger partial charge in [0.15, 0.2) is 0 Å². The van der Waals surface area contributed by atoms with E-state index in [0.29, 0.717) is 17.2 Å². The first-order valence-electron chi connectivity index (χ1n) is 4.92. The Bertz CT molecular complexity index is 376. The molecule has 1 aromatic heterocycles. The topological polar surface area (TPSA) is 81.4 Å². The van der Waals surface area contributed by atoms with E-state index in [1.807, 2.05) is 0 Å². The van der Waals surface area contributed by atoms with E-state index in [1.165, 1.54) is 11.3 Å². The van der Waals surface area contributed by atoms with Crippen LogP contribution in [-0.2, 0) is 9.53 Å². The highest BCUT2D eigenvalue weighted by Crippen LogP contribution is 2.18. The van der Waals surface area contributed by atoms with Gasteiger partial charge >= 0.3 is 5.97 Å². The summed E-state index contributed by atoms with van der Waals surface area (Å²) in [6.45, 7) is 2.35. The highest BCUT2D eigenvalue weighted by atomic mass is 32.1. The molecule has 3 N–H and O–H groups in total. The monoisotopic (exact) mass is 242 g/mol. The minimum absolute atomic E-state index is 0.171. The average Bonchev–Trinajstić information content (AvgIpc) is 2.64. The number of amides is 1. The molecule has 5 nitrogen and oxygen atoms in total. The molecule has 6 heteroatoms. The average molecular weight is 242 g/mol. The normalized spacial score (nSPS) is 9.81. The van der Waals surface area contributed by atoms with Crippen LogP contribution in [0, 0.1) is 0 Å². The summed E-state index contributed by atoms with van der Waals surface area (Å²) in [5, 5.41) is 4.35. The van der Waals surface area contributed by atoms with Crippen molar-refractivity contribution in [1.29, 1.82) is 0 Å². The summed E-state index contributed by atoms with van der Waals surface area (Å²) in [4.78, 5) is 23.0. The second kappa shape index (κ2) is 6.12. The maximum absolute atomic E-state index is 11.5. The lowest BCUT2D eigenvalue weighted by molar-refractivity contribution is -0.142. The molecule has 0 aliphatic carbocycles. The highest BCUT2D eigenvalue weighted by molar-refractivity contribution is 7.12. The van der Waals surface area contributed by atoms with Gasteiger partial charge in [-0.3, -0.25) is 9.59 Å². The van der Waals surface area contributed by atoms with E-state index in [9.17, 15) is 9.59 Å². The maximum atomic E-state index is 11.5. The van der Waals surface area contributed by atoms with Crippen molar-refractivity contribution in [1.82, 2.24) is 5.32 Å². The number of nitrogen functional groups attached to an aromatic ring is 1. The standard InChI is InChI=1S/C10H14N2O3S/c1-2-15-8(13)3-5-12-10(14)9-7(11)4-6-16-9/h4,6H,2-3,5,11H2,1H3,(H,12,14). The summed E-state index contributed by atoms with van der Waals surface area (Å²) < 4.78 is 4.73. The van der Waals surface area contributed by atoms with Crippen molar-refractivity contribution < 1.29 is 14.3 Å². The van der Waals surface area contributed by atoms with Gasteiger partial charge in [0.25, 0.3) is 5.91 Å². The number of hydrogen-bond acceptors (Lipinski definition) is 5. The van der Waals surface area contributed by atoms with Crippen LogP contribution in [0.3, 0.4) is 0 Å². The minimum atomic E-state index is -0.318. The van der Waals surface area contributed by atoms with Gasteiger partial charge in [-0.05, 0) is 18.4 Å². The molecule has 0 spiro atoms. The quantitative estimate of drug-likeness (QED) is 0.755. The summed E-state index contributed by atoms with van der Waals surface area (Å²) in [5.74, 6) is -0.571. The van der Waals surface area contributed by atoms with Crippen molar-refractivity contribution in [3.8, 4) is 0 Å². The van der Waals surface area contributed by atoms with Crippen molar-refractivity contribution in [2.75, 3.05) is 18.9 Å². The fraction of sp³-hybridized carbons (Fsp3) is 0.400. The van der Waals surface area contributed by atoms with E-state index in [-0.39, 0.29) is 24.8 Å². The summed E-state index contributed by atoms with van der Waals surface area (Å²) >= 11 is 1.27. The van der Waals surface area contributed by atoms with Gasteiger partial charge < -0.3 is 15.8 Å². The van der Waals surface area contributed by atoms with E-state index in [2.05, 4.69) is 5.32 Å². The molecule has 16 heavy (non-hydrogen) atoms. The molecule has 0 saturated carbocycles. The first-order valence-corrected chi connectivity index (χ1v) is 5.80. The highest BCUT2D eigenvalue weighted by Gasteiger charge is 2.11. The molecular formula is C10H14N2O3S. The number of carbonyl (C=O) groups excluding carboxylic acids is 2. The van der Waals surface area contributed by atoms with Gasteiger partial charge in [-0.1, -0.05) is 0 Å². The first-order chi connectivity index (χ1) is 7.65. The van der Waals surface area contributed by atoms with E-state index < -0.39 is 0 Å². The van der Waals surface area contributed by atoms with Crippen molar-refractivity contribution in [2.45, 2.75) is 13.3 Å². The lowest BCUT2D eigenvalue weighted by atomic mass is 10.3. The Balaban J connectivity index is 2.31. The van der Waals surface area contributed by atoms with Crippen molar-refractivity contribution in [2.24, 2.45) is 0 Å². The van der Waals surface area contributed by atoms with E-state index in [4.69, 9.17) is 10.5 Å². The van der Waals surface area contributed by atoms with Gasteiger partial charge in [0.05, 0.1) is 18.7 Å². The molecule has 0 radical (unpaired) electrons. The number of anilines is 1. The molecule has 1 heterocycles. The van der Waals surface area contributed by atoms with Crippen LogP contribution in [0.1, 0.15) is 23.0 Å². The number of nitrogens with two attached hydrogens (primary N) is 1. The fourth-order valence-corrected chi connectivity index (χ4v) is 1.83. The van der Waals surface area contributed by atoms with Crippen molar-refractivity contribution >= 4 is 28.9 Å². The van der Waals surface area contributed by atoms with E-state index in [1.54, 1.807) is 18.4 Å². The zero-order valence-corrected chi connectivity index (χ0v) is 9.80. The SMILES string of the molecule is CCOC(=O)CCNC(=O)c1sccc1N. The fourth-order valence-electron chi connectivity index (χ4n) is 1.10. The Morgan fingerprint density at radius 1 is 1.56 bits per heavy atom. The van der Waals surface area contributed by atoms with Crippen molar-refractivity contribution in [3.63, 3.8) is 0 Å². The first kappa shape index (κ1) is 12.5. The molecule has 88 valence electrons. The van der Waals surface area contributed by atoms with Gasteiger partial charge in [0, 0.05) is 6.54 Å². The van der Waals surface area contributed by atoms with Gasteiger partial charge in [0.2, 0.25) is 0 Å². The molecule has 1 aromatic rings. The molecule has 1 rings (SSSR count). The predicted octanol–water partition coefficient (Wildman–Crippen LogP) is 1.01. The molecule has 0 unspecified atom stereocenters. The number of esters is 1. The molecule has 0 aliphatic rings. The summed E-state index contributed by atoms with van der Waals surface area (Å²) in [7, 11) is 0. The Kier molecular flexibility index (Phi) is 4.78. The predicted molar refractivity (Wildman–Crippen MR) is 62.3 cm³/mol. The van der Waals surface area contributed by atoms with Crippen LogP contribution in [0.4, 0.5) is 5.69 Å². The summed E-state index contributed by atoms with van der Waals surface area (Å²) in [6, 6.07) is 1.67. The Morgan fingerprint density at radius 3 is 2.88 bits per heavy atom. The third kappa shape index (κ3) is 3.54. The number of rotatable bonds is 5. The Labute approximate surface area is 97.6 Å². The van der Waals surface area contributed by atoms with E-state index in [0.717, 1.165) is 0 Å². The molecule has 0 bridgehead atoms. The van der Waals surface area contributed by atoms with Crippen LogP contribution in [0.2, 0.25) is 0 Å². The zero-order valence-electron chi connectivity index (χ0n) is 8.99. The number of hydrogen-bond donors (Lipinski definition) is 2. The summed E-state index contributed by atoms with van der Waals surface area (Å²) in [5.41, 5.74) is 6.04. The third-order valence-corrected chi connectivity index (χ3v) is 2.75. The summed E-state index contributed by atoms with van der Waals surface area (Å²) in [6.07, 6.45) is 0.171. The Morgan fingerprint density at radius 2 is 2.31 bits per heavy atom. The lowest BCUT2D eigenvalue weighted by Gasteiger charge is -2.04. The van der Waals surface area contributed by atoms with Crippen LogP contribution in [0.15, 0.2) is 11.4 Å². The molecule has 0 aliphatic heterocycles. The number of nitrogens with one attached hydrogen (secondary N) is 1. The van der Waals surface area contributed by atoms with Crippen molar-refractivity contribution in [3.05, 3.63) is 16.3 Å². The van der Waals surface area contributed by atoms with Crippen LogP contribution < -0.4 is 11.1 Å². The smallest absolute Gasteiger partial charge is 0.307 e. The largest absolute Gasteiger partial charge is 0.466 e. The lowest BCUT2D eigenvalue weighted by Crippen LogP contribution is -2.26. The number of carbonyl (C=O) groups is 2. The van der Waals surface area contributed by atoms with Gasteiger partial charge in [-0.25, -0.2) is 0 Å². The molecule has 0 aromatic carbocycles. The second-order valence-electron chi connectivity index (χ2n) is 3.02. The van der Waals surface area contributed by atoms with Crippen LogP contribution in [0.5, 0.6) is 0 Å². The molecule has 1 amide bonds. The number of ether oxygens (including phenoxy) is 1. The van der Waals surface area contributed by atoms with Gasteiger partial charge in [-0.2, -0.15) is 0 Å². The number of thiophene rings is 1. The van der Waals surface area contributed by atoms with Crippen LogP contribution in [-0.4, -0.2) is 25.0 Å². The van der Waals surface area contributed by atoms with Gasteiger partial charge in [0.1, 0.15) is 4.88 Å². The Hall–Kier alpha value is -1.56. The molecule has 0 saturated heterocycles. The third-order valence-electron chi connectivity index (χ3n) is 1.82. The van der Waals surface area contributed by atoms with Crippen LogP contribution in [0.25, 0.3) is 0 Å². The minimum Gasteiger partial charge on any atom is -0.466 e. The molecular weight excluding hydrogens is 228 g/mol. The zero-order chi connectivity index (χ0) is 12.0. The van der Waals surface area contributed by atoms with E-state index >= 15 is 0 Å². The molecule has 0 fully saturated rings. The van der Waals surface area contributed by atoms with Crippen LogP contribution >= 0.6 is 11.3 Å². The second-order valence-corrected chi connectivity index (χ2v) is 3.93. The maximum Gasteiger partial charge on any atom is 0.307 e.